The summed E-state index contributed by atoms with van der Waals surface area (Å²) in [4.78, 5) is 34.1. The van der Waals surface area contributed by atoms with Gasteiger partial charge in [0.1, 0.15) is 63.0 Å². The zero-order valence-corrected chi connectivity index (χ0v) is 37.2. The van der Waals surface area contributed by atoms with E-state index in [2.05, 4.69) is 0 Å². The molecule has 3 aliphatic rings. The summed E-state index contributed by atoms with van der Waals surface area (Å²) in [5.74, 6) is -0.559. The Labute approximate surface area is 353 Å². The molecule has 5 atom stereocenters. The summed E-state index contributed by atoms with van der Waals surface area (Å²) in [5.41, 5.74) is 1.56. The summed E-state index contributed by atoms with van der Waals surface area (Å²) in [5, 5.41) is 0. The molecule has 2 fully saturated rings. The summed E-state index contributed by atoms with van der Waals surface area (Å²) in [7, 11) is 6.65. The number of nitrogens with zero attached hydrogens (tertiary/aromatic N) is 2. The maximum absolute atomic E-state index is 13.8. The predicted octanol–water partition coefficient (Wildman–Crippen LogP) is 3.58. The van der Waals surface area contributed by atoms with E-state index in [1.807, 2.05) is 44.7 Å². The lowest BCUT2D eigenvalue weighted by Crippen LogP contribution is -2.62. The number of fused-ring (bicyclic) bond motifs is 1. The molecule has 17 nitrogen and oxygen atoms in total. The molecular formula is C42H63BN2O15. The van der Waals surface area contributed by atoms with Gasteiger partial charge in [0, 0.05) is 53.4 Å². The fourth-order valence-electron chi connectivity index (χ4n) is 7.51. The van der Waals surface area contributed by atoms with Crippen molar-refractivity contribution in [3.05, 3.63) is 52.2 Å². The van der Waals surface area contributed by atoms with Gasteiger partial charge in [0.15, 0.2) is 5.69 Å². The van der Waals surface area contributed by atoms with Gasteiger partial charge in [-0.05, 0) is 83.7 Å². The number of methoxy groups -OCH3 is 5. The van der Waals surface area contributed by atoms with Gasteiger partial charge < -0.3 is 66.3 Å². The molecule has 5 rings (SSSR count). The third-order valence-corrected chi connectivity index (χ3v) is 11.0. The third-order valence-electron chi connectivity index (χ3n) is 11.0. The maximum atomic E-state index is 13.8. The Morgan fingerprint density at radius 2 is 1.38 bits per heavy atom. The maximum Gasteiger partial charge on any atom is 0.497 e. The molecule has 0 spiro atoms. The van der Waals surface area contributed by atoms with Gasteiger partial charge in [-0.15, -0.1) is 0 Å². The van der Waals surface area contributed by atoms with E-state index in [0.29, 0.717) is 42.8 Å². The van der Waals surface area contributed by atoms with Gasteiger partial charge in [-0.25, -0.2) is 14.6 Å². The molecule has 3 aliphatic heterocycles. The lowest BCUT2D eigenvalue weighted by molar-refractivity contribution is -0.297. The minimum atomic E-state index is -0.846. The molecule has 2 aromatic rings. The number of hydrogen-bond donors (Lipinski definition) is 0. The summed E-state index contributed by atoms with van der Waals surface area (Å²) in [6.07, 6.45) is -2.35. The molecule has 0 amide bonds. The molecule has 0 saturated carbocycles. The number of rotatable bonds is 19. The van der Waals surface area contributed by atoms with Crippen molar-refractivity contribution in [1.29, 1.82) is 0 Å². The van der Waals surface area contributed by atoms with Crippen molar-refractivity contribution in [2.45, 2.75) is 115 Å². The molecule has 0 radical (unpaired) electrons. The van der Waals surface area contributed by atoms with Crippen LogP contribution in [-0.2, 0) is 80.8 Å². The fraction of sp³-hybridized carbons (Fsp3) is 0.690. The van der Waals surface area contributed by atoms with E-state index >= 15 is 0 Å². The minimum absolute atomic E-state index is 0.0301. The smallest absolute Gasteiger partial charge is 0.465 e. The molecule has 4 heterocycles. The van der Waals surface area contributed by atoms with E-state index in [-0.39, 0.29) is 39.5 Å². The Morgan fingerprint density at radius 1 is 0.783 bits per heavy atom. The van der Waals surface area contributed by atoms with E-state index in [1.54, 1.807) is 32.9 Å². The number of carbonyl (C=O) groups is 2. The highest BCUT2D eigenvalue weighted by molar-refractivity contribution is 6.63. The number of ether oxygens (including phenoxy) is 11. The van der Waals surface area contributed by atoms with E-state index < -0.39 is 66.4 Å². The average Bonchev–Trinajstić information content (AvgIpc) is 3.43. The number of carbonyl (C=O) groups excluding carboxylic acids is 2. The number of pyridine rings is 1. The lowest BCUT2D eigenvalue weighted by Gasteiger charge is -2.46. The Balaban J connectivity index is 1.52. The second kappa shape index (κ2) is 20.7. The predicted molar refractivity (Wildman–Crippen MR) is 218 cm³/mol. The summed E-state index contributed by atoms with van der Waals surface area (Å²) in [6, 6.07) is 7.32. The van der Waals surface area contributed by atoms with Crippen LogP contribution in [0.2, 0.25) is 0 Å². The Hall–Kier alpha value is -3.27. The highest BCUT2D eigenvalue weighted by Gasteiger charge is 2.53. The minimum Gasteiger partial charge on any atom is -0.465 e. The second-order valence-electron chi connectivity index (χ2n) is 16.9. The van der Waals surface area contributed by atoms with Gasteiger partial charge >= 0.3 is 19.1 Å². The van der Waals surface area contributed by atoms with Crippen LogP contribution in [-0.4, -0.2) is 147 Å². The first-order valence-electron chi connectivity index (χ1n) is 20.1. The largest absolute Gasteiger partial charge is 0.497 e. The van der Waals surface area contributed by atoms with Crippen LogP contribution in [0.1, 0.15) is 86.0 Å². The molecule has 0 N–H and O–H groups in total. The van der Waals surface area contributed by atoms with Gasteiger partial charge in [0.25, 0.3) is 0 Å². The van der Waals surface area contributed by atoms with Crippen molar-refractivity contribution in [1.82, 2.24) is 4.98 Å². The van der Waals surface area contributed by atoms with Gasteiger partial charge in [0.2, 0.25) is 0 Å². The molecular weight excluding hydrogens is 783 g/mol. The van der Waals surface area contributed by atoms with Crippen molar-refractivity contribution in [2.75, 3.05) is 80.8 Å². The summed E-state index contributed by atoms with van der Waals surface area (Å²) in [6.45, 7) is 14.1. The fourth-order valence-corrected chi connectivity index (χ4v) is 7.51. The van der Waals surface area contributed by atoms with Crippen molar-refractivity contribution in [3.63, 3.8) is 0 Å². The van der Waals surface area contributed by atoms with Crippen LogP contribution in [0, 0.1) is 0 Å². The first kappa shape index (κ1) is 47.8. The van der Waals surface area contributed by atoms with E-state index in [4.69, 9.17) is 66.4 Å². The molecule has 0 aliphatic carbocycles. The Kier molecular flexibility index (Phi) is 16.5. The standard InChI is InChI=1S/C42H63BN2O15/c1-40(2,3)58-39(47)34-30(43-59-41(4,5)42(6,7)60-43)15-16-33(44-34)45-18-17-27-26(13-14-28(29(27)20-45)38(46)52-12)19-31-35(54-23-49-9)37(56-25-51-11)36(55-24-50-10)32(57-31)21-53-22-48-8/h13-16,31-32,35-37H,17-25H2,1-12H3/t31?,32-,35+,36-,37-/m1/s1. The molecule has 0 bridgehead atoms. The van der Waals surface area contributed by atoms with E-state index in [0.717, 1.165) is 16.7 Å². The number of benzene rings is 1. The summed E-state index contributed by atoms with van der Waals surface area (Å²) >= 11 is 0. The zero-order chi connectivity index (χ0) is 43.8. The Bertz CT molecular complexity index is 1740. The Morgan fingerprint density at radius 3 is 1.97 bits per heavy atom. The van der Waals surface area contributed by atoms with E-state index in [1.165, 1.54) is 35.5 Å². The summed E-state index contributed by atoms with van der Waals surface area (Å²) < 4.78 is 76.0. The molecule has 1 aromatic carbocycles. The average molecular weight is 847 g/mol. The number of hydrogen-bond acceptors (Lipinski definition) is 17. The number of aromatic nitrogens is 1. The van der Waals surface area contributed by atoms with Crippen LogP contribution in [0.25, 0.3) is 0 Å². The number of esters is 2. The van der Waals surface area contributed by atoms with Crippen LogP contribution in [0.15, 0.2) is 24.3 Å². The highest BCUT2D eigenvalue weighted by Crippen LogP contribution is 2.38. The lowest BCUT2D eigenvalue weighted by atomic mass is 9.77. The van der Waals surface area contributed by atoms with Crippen molar-refractivity contribution >= 4 is 30.3 Å². The van der Waals surface area contributed by atoms with Gasteiger partial charge in [0.05, 0.1) is 36.6 Å². The second-order valence-corrected chi connectivity index (χ2v) is 16.9. The van der Waals surface area contributed by atoms with Gasteiger partial charge in [-0.1, -0.05) is 12.1 Å². The van der Waals surface area contributed by atoms with Crippen molar-refractivity contribution in [3.8, 4) is 0 Å². The van der Waals surface area contributed by atoms with Crippen molar-refractivity contribution in [2.24, 2.45) is 0 Å². The van der Waals surface area contributed by atoms with Gasteiger partial charge in [-0.2, -0.15) is 0 Å². The van der Waals surface area contributed by atoms with Crippen LogP contribution in [0.3, 0.4) is 0 Å². The third kappa shape index (κ3) is 11.2. The first-order chi connectivity index (χ1) is 28.5. The quantitative estimate of drug-likeness (QED) is 0.0869. The van der Waals surface area contributed by atoms with Crippen LogP contribution in [0.4, 0.5) is 5.82 Å². The SMILES string of the molecule is COCOC[C@H]1OC(Cc2ccc(C(=O)OC)c3c2CCN(c2ccc(B4OC(C)(C)C(C)(C)O4)c(C(=O)OC(C)(C)C)n2)C3)[C@H](OCOC)[C@@H](OCOC)[C@@H]1OCOC. The number of anilines is 1. The van der Waals surface area contributed by atoms with E-state index in [9.17, 15) is 9.59 Å². The van der Waals surface area contributed by atoms with Crippen molar-refractivity contribution < 1.29 is 71.0 Å². The highest BCUT2D eigenvalue weighted by atomic mass is 16.7. The topological polar surface area (TPSA) is 170 Å². The van der Waals surface area contributed by atoms with Gasteiger partial charge in [-0.3, -0.25) is 0 Å². The monoisotopic (exact) mass is 846 g/mol. The first-order valence-corrected chi connectivity index (χ1v) is 20.1. The molecule has 2 saturated heterocycles. The van der Waals surface area contributed by atoms with Crippen LogP contribution in [0.5, 0.6) is 0 Å². The molecule has 1 unspecified atom stereocenters. The normalized spacial score (nSPS) is 23.7. The molecule has 18 heteroatoms. The van der Waals surface area contributed by atoms with Crippen LogP contribution < -0.4 is 10.4 Å². The zero-order valence-electron chi connectivity index (χ0n) is 37.2. The molecule has 334 valence electrons. The molecule has 60 heavy (non-hydrogen) atoms. The molecule has 1 aromatic heterocycles. The van der Waals surface area contributed by atoms with Crippen LogP contribution >= 0.6 is 0 Å².